The van der Waals surface area contributed by atoms with Gasteiger partial charge >= 0.3 is 11.8 Å². The largest absolute Gasteiger partial charge is 1.00 e. The maximum atomic E-state index is 14.8. The Hall–Kier alpha value is -3.87. The Bertz CT molecular complexity index is 1920. The Labute approximate surface area is 302 Å². The van der Waals surface area contributed by atoms with Crippen molar-refractivity contribution in [3.8, 4) is 33.9 Å². The first kappa shape index (κ1) is 38.6. The summed E-state index contributed by atoms with van der Waals surface area (Å²) in [4.78, 5) is 17.0. The summed E-state index contributed by atoms with van der Waals surface area (Å²) in [5.74, 6) is -0.927. The fourth-order valence-corrected chi connectivity index (χ4v) is 6.13. The molecule has 1 unspecified atom stereocenters. The van der Waals surface area contributed by atoms with Crippen LogP contribution in [0, 0.1) is 36.8 Å². The summed E-state index contributed by atoms with van der Waals surface area (Å²) >= 11 is 1.39. The molecular formula is C34H34Br2F2N6O3S. The van der Waals surface area contributed by atoms with E-state index in [1.54, 1.807) is 32.4 Å². The number of nitriles is 1. The van der Waals surface area contributed by atoms with Gasteiger partial charge in [0.25, 0.3) is 0 Å². The molecule has 14 heteroatoms. The van der Waals surface area contributed by atoms with E-state index < -0.39 is 17.2 Å². The summed E-state index contributed by atoms with van der Waals surface area (Å²) in [5.41, 5.74) is 2.90. The van der Waals surface area contributed by atoms with Crippen LogP contribution in [0.3, 0.4) is 0 Å². The molecule has 0 saturated heterocycles. The van der Waals surface area contributed by atoms with Crippen molar-refractivity contribution in [1.82, 2.24) is 20.1 Å². The fraction of sp³-hybridized carbons (Fsp3) is 0.265. The normalized spacial score (nSPS) is 12.0. The molecule has 48 heavy (non-hydrogen) atoms. The van der Waals surface area contributed by atoms with Crippen molar-refractivity contribution in [1.29, 1.82) is 5.26 Å². The third kappa shape index (κ3) is 8.58. The van der Waals surface area contributed by atoms with Crippen molar-refractivity contribution in [2.75, 3.05) is 13.6 Å². The minimum absolute atomic E-state index is 0. The number of likely N-dealkylation sites (N-methyl/N-ethyl adjacent to an activating group) is 1. The van der Waals surface area contributed by atoms with Gasteiger partial charge in [-0.25, -0.2) is 18.3 Å². The lowest BCUT2D eigenvalue weighted by atomic mass is 9.90. The maximum Gasteiger partial charge on any atom is 0.337 e. The highest BCUT2D eigenvalue weighted by atomic mass is 79.9. The number of esters is 1. The number of rotatable bonds is 11. The topological polar surface area (TPSA) is 117 Å². The number of aliphatic hydroxyl groups is 1. The summed E-state index contributed by atoms with van der Waals surface area (Å²) in [5, 5.41) is 30.8. The predicted molar refractivity (Wildman–Crippen MR) is 179 cm³/mol. The average Bonchev–Trinajstić information content (AvgIpc) is 3.66. The highest BCUT2D eigenvalue weighted by Gasteiger charge is 2.35. The van der Waals surface area contributed by atoms with Gasteiger partial charge in [0.15, 0.2) is 5.01 Å². The number of thiazole rings is 1. The molecule has 9 nitrogen and oxygen atoms in total. The molecule has 0 saturated carbocycles. The summed E-state index contributed by atoms with van der Waals surface area (Å²) in [6.45, 7) is 5.82. The number of aromatic nitrogens is 4. The van der Waals surface area contributed by atoms with Crippen LogP contribution in [0.4, 0.5) is 8.78 Å². The molecule has 0 aliphatic heterocycles. The summed E-state index contributed by atoms with van der Waals surface area (Å²) in [7, 11) is 1.67. The number of ether oxygens (including phenoxy) is 1. The van der Waals surface area contributed by atoms with Gasteiger partial charge < -0.3 is 32.1 Å². The number of carbonyl (C=O) groups excluding carboxylic acids is 1. The van der Waals surface area contributed by atoms with Crippen molar-refractivity contribution >= 4 is 34.3 Å². The van der Waals surface area contributed by atoms with Crippen molar-refractivity contribution in [3.05, 3.63) is 106 Å². The monoisotopic (exact) mass is 802 g/mol. The molecule has 5 aromatic rings. The van der Waals surface area contributed by atoms with Crippen molar-refractivity contribution < 1.29 is 45.0 Å². The van der Waals surface area contributed by atoms with E-state index in [1.165, 1.54) is 22.1 Å². The van der Waals surface area contributed by atoms with Crippen LogP contribution in [0.1, 0.15) is 41.2 Å². The van der Waals surface area contributed by atoms with Crippen LogP contribution in [0.2, 0.25) is 0 Å². The Morgan fingerprint density at radius 1 is 1.15 bits per heavy atom. The molecule has 5 rings (SSSR count). The average molecular weight is 805 g/mol. The van der Waals surface area contributed by atoms with E-state index in [4.69, 9.17) is 20.1 Å². The zero-order valence-corrected chi connectivity index (χ0v) is 30.7. The maximum absolute atomic E-state index is 14.8. The lowest BCUT2D eigenvalue weighted by Crippen LogP contribution is -3.00. The predicted octanol–water partition coefficient (Wildman–Crippen LogP) is 2.78. The molecule has 2 aromatic heterocycles. The van der Waals surface area contributed by atoms with Gasteiger partial charge in [0.1, 0.15) is 29.5 Å². The van der Waals surface area contributed by atoms with Gasteiger partial charge in [-0.3, -0.25) is 4.79 Å². The van der Waals surface area contributed by atoms with E-state index in [1.807, 2.05) is 48.1 Å². The van der Waals surface area contributed by atoms with Gasteiger partial charge in [0, 0.05) is 27.7 Å². The molecule has 0 spiro atoms. The van der Waals surface area contributed by atoms with Gasteiger partial charge in [0.2, 0.25) is 6.33 Å². The van der Waals surface area contributed by atoms with Crippen molar-refractivity contribution in [2.45, 2.75) is 45.9 Å². The zero-order chi connectivity index (χ0) is 33.0. The van der Waals surface area contributed by atoms with E-state index in [0.717, 1.165) is 34.4 Å². The van der Waals surface area contributed by atoms with E-state index in [2.05, 4.69) is 11.4 Å². The number of nitrogens with one attached hydrogen (secondary N) is 1. The molecule has 0 fully saturated rings. The minimum Gasteiger partial charge on any atom is -1.00 e. The standard InChI is InChI=1S/C34H33F2N6O3S.2BrH/c1-5-34(44,27-11-10-26(35)14-28(27)36)19-42-20-41(17-24-12-21(2)31(22(3)13-24)45-30(43)16-38-4)32(40-42)33-39-29(18-46-33)25-8-6-23(15-37)7-9-25;;/h6-14,18,20,38,44H,5,16-17,19H2,1-4H3;2*1H/q+1;;/p-1. The van der Waals surface area contributed by atoms with Crippen LogP contribution < -0.4 is 31.6 Å². The molecular weight excluding hydrogens is 770 g/mol. The number of halogens is 4. The Balaban J connectivity index is 0.00000312. The summed E-state index contributed by atoms with van der Waals surface area (Å²) < 4.78 is 37.5. The highest BCUT2D eigenvalue weighted by Crippen LogP contribution is 2.31. The van der Waals surface area contributed by atoms with E-state index in [-0.39, 0.29) is 65.0 Å². The van der Waals surface area contributed by atoms with Crippen LogP contribution >= 0.6 is 28.3 Å². The number of carbonyl (C=O) groups is 1. The quantitative estimate of drug-likeness (QED) is 0.120. The number of nitrogens with zero attached hydrogens (tertiary/aromatic N) is 5. The summed E-state index contributed by atoms with van der Waals surface area (Å²) in [6.07, 6.45) is 1.88. The molecule has 2 heterocycles. The highest BCUT2D eigenvalue weighted by molar-refractivity contribution is 8.93. The van der Waals surface area contributed by atoms with Gasteiger partial charge in [-0.15, -0.1) is 33.0 Å². The van der Waals surface area contributed by atoms with Crippen LogP contribution in [-0.4, -0.2) is 39.4 Å². The number of aryl methyl sites for hydroxylation is 2. The second-order valence-electron chi connectivity index (χ2n) is 11.1. The van der Waals surface area contributed by atoms with E-state index >= 15 is 0 Å². The van der Waals surface area contributed by atoms with Crippen LogP contribution in [-0.2, 0) is 23.5 Å². The van der Waals surface area contributed by atoms with Crippen LogP contribution in [0.25, 0.3) is 22.1 Å². The molecule has 0 radical (unpaired) electrons. The number of hydrogen-bond acceptors (Lipinski definition) is 8. The first-order valence-corrected chi connectivity index (χ1v) is 15.5. The van der Waals surface area contributed by atoms with E-state index in [9.17, 15) is 18.7 Å². The van der Waals surface area contributed by atoms with Crippen LogP contribution in [0.5, 0.6) is 5.75 Å². The lowest BCUT2D eigenvalue weighted by Gasteiger charge is -2.25. The van der Waals surface area contributed by atoms with Gasteiger partial charge in [-0.05, 0) is 74.3 Å². The number of hydrogen-bond donors (Lipinski definition) is 2. The SMILES string of the molecule is Br.CCC(O)(Cn1c[n+](Cc2cc(C)c(OC(=O)CNC)c(C)c2)c(-c2nc(-c3ccc(C#N)cc3)cs2)n1)c1ccc(F)cc1F.[Br-]. The second kappa shape index (κ2) is 16.5. The van der Waals surface area contributed by atoms with Gasteiger partial charge in [-0.2, -0.15) is 5.26 Å². The molecule has 2 N–H and O–H groups in total. The molecule has 0 amide bonds. The Kier molecular flexibility index (Phi) is 13.3. The number of benzene rings is 3. The third-order valence-electron chi connectivity index (χ3n) is 7.62. The molecule has 3 aromatic carbocycles. The van der Waals surface area contributed by atoms with Crippen molar-refractivity contribution in [3.63, 3.8) is 0 Å². The first-order chi connectivity index (χ1) is 22.0. The van der Waals surface area contributed by atoms with Gasteiger partial charge in [0.05, 0.1) is 30.4 Å². The smallest absolute Gasteiger partial charge is 0.337 e. The van der Waals surface area contributed by atoms with Gasteiger partial charge in [-0.1, -0.05) is 25.1 Å². The minimum atomic E-state index is -1.67. The molecule has 1 atom stereocenters. The third-order valence-corrected chi connectivity index (χ3v) is 8.46. The first-order valence-electron chi connectivity index (χ1n) is 14.6. The molecule has 0 bridgehead atoms. The Morgan fingerprint density at radius 2 is 1.83 bits per heavy atom. The zero-order valence-electron chi connectivity index (χ0n) is 26.6. The van der Waals surface area contributed by atoms with E-state index in [0.29, 0.717) is 34.4 Å². The summed E-state index contributed by atoms with van der Waals surface area (Å²) in [6, 6.07) is 16.2. The molecule has 0 aliphatic carbocycles. The second-order valence-corrected chi connectivity index (χ2v) is 11.9. The van der Waals surface area contributed by atoms with Crippen LogP contribution in [0.15, 0.2) is 66.3 Å². The lowest BCUT2D eigenvalue weighted by molar-refractivity contribution is -0.678. The Morgan fingerprint density at radius 3 is 2.44 bits per heavy atom. The fourth-order valence-electron chi connectivity index (χ4n) is 5.31. The molecule has 0 aliphatic rings. The van der Waals surface area contributed by atoms with Crippen molar-refractivity contribution in [2.24, 2.45) is 0 Å². The molecule has 252 valence electrons.